The van der Waals surface area contributed by atoms with Crippen LogP contribution in [0.3, 0.4) is 0 Å². The van der Waals surface area contributed by atoms with Crippen molar-refractivity contribution in [2.75, 3.05) is 11.4 Å². The molecule has 10 heteroatoms. The van der Waals surface area contributed by atoms with Crippen molar-refractivity contribution >= 4 is 11.9 Å². The number of carbonyl (C=O) groups excluding carboxylic acids is 1. The number of carbonyl (C=O) groups is 1. The van der Waals surface area contributed by atoms with E-state index in [2.05, 4.69) is 11.1 Å². The minimum Gasteiger partial charge on any atom is -0.473 e. The molecule has 1 aromatic heterocycles. The third-order valence-electron chi connectivity index (χ3n) is 5.24. The molecule has 1 aliphatic rings. The molecular formula is C26H25FN4O5. The maximum absolute atomic E-state index is 12.9. The zero-order valence-electron chi connectivity index (χ0n) is 20.2. The van der Waals surface area contributed by atoms with Gasteiger partial charge in [-0.2, -0.15) is 10.2 Å². The Morgan fingerprint density at radius 3 is 2.67 bits per heavy atom. The number of ether oxygens (including phenoxy) is 3. The average molecular weight is 493 g/mol. The van der Waals surface area contributed by atoms with Crippen LogP contribution in [0.15, 0.2) is 53.3 Å². The Kier molecular flexibility index (Phi) is 6.92. The summed E-state index contributed by atoms with van der Waals surface area (Å²) in [6.07, 6.45) is -0.559. The summed E-state index contributed by atoms with van der Waals surface area (Å²) in [7, 11) is 0. The SMILES string of the molecule is CC(C)(C)OC(=O)N1CCn2c1cc(OCc1ccc(Oc3cccc(CF)c3)c(C#N)c1)nc2=O. The van der Waals surface area contributed by atoms with E-state index in [4.69, 9.17) is 14.2 Å². The van der Waals surface area contributed by atoms with Crippen molar-refractivity contribution in [3.8, 4) is 23.4 Å². The normalized spacial score (nSPS) is 12.6. The summed E-state index contributed by atoms with van der Waals surface area (Å²) in [5, 5.41) is 9.57. The highest BCUT2D eigenvalue weighted by Crippen LogP contribution is 2.28. The highest BCUT2D eigenvalue weighted by molar-refractivity contribution is 5.87. The van der Waals surface area contributed by atoms with E-state index in [1.165, 1.54) is 15.5 Å². The first kappa shape index (κ1) is 24.7. The van der Waals surface area contributed by atoms with E-state index in [9.17, 15) is 19.2 Å². The minimum atomic E-state index is -0.679. The Morgan fingerprint density at radius 1 is 1.14 bits per heavy atom. The highest BCUT2D eigenvalue weighted by atomic mass is 19.1. The van der Waals surface area contributed by atoms with Gasteiger partial charge < -0.3 is 14.2 Å². The van der Waals surface area contributed by atoms with Gasteiger partial charge in [0.15, 0.2) is 0 Å². The molecule has 0 bridgehead atoms. The molecule has 0 radical (unpaired) electrons. The van der Waals surface area contributed by atoms with Gasteiger partial charge in [-0.3, -0.25) is 9.47 Å². The molecule has 2 heterocycles. The standard InChI is InChI=1S/C26H25FN4O5/c1-26(2,3)36-25(33)31-10-9-30-23(31)13-22(29-24(30)32)34-16-18-7-8-21(19(11-18)15-28)35-20-6-4-5-17(12-20)14-27/h4-8,11-13H,9-10,14,16H2,1-3H3. The third-order valence-corrected chi connectivity index (χ3v) is 5.24. The molecular weight excluding hydrogens is 467 g/mol. The van der Waals surface area contributed by atoms with E-state index in [-0.39, 0.29) is 24.6 Å². The van der Waals surface area contributed by atoms with Crippen molar-refractivity contribution in [1.29, 1.82) is 5.26 Å². The van der Waals surface area contributed by atoms with Gasteiger partial charge in [-0.25, -0.2) is 14.0 Å². The van der Waals surface area contributed by atoms with Gasteiger partial charge in [0.05, 0.1) is 5.56 Å². The van der Waals surface area contributed by atoms with Crippen molar-refractivity contribution < 1.29 is 23.4 Å². The molecule has 36 heavy (non-hydrogen) atoms. The van der Waals surface area contributed by atoms with E-state index in [0.717, 1.165) is 0 Å². The smallest absolute Gasteiger partial charge is 0.416 e. The van der Waals surface area contributed by atoms with E-state index < -0.39 is 24.1 Å². The number of aromatic nitrogens is 2. The summed E-state index contributed by atoms with van der Waals surface area (Å²) in [5.74, 6) is 1.13. The van der Waals surface area contributed by atoms with Gasteiger partial charge in [0.1, 0.15) is 42.3 Å². The fourth-order valence-electron chi connectivity index (χ4n) is 3.62. The van der Waals surface area contributed by atoms with Crippen molar-refractivity contribution in [2.45, 2.75) is 46.2 Å². The average Bonchev–Trinajstić information content (AvgIpc) is 3.27. The number of halogens is 1. The zero-order chi connectivity index (χ0) is 25.9. The second kappa shape index (κ2) is 10.1. The topological polar surface area (TPSA) is 107 Å². The summed E-state index contributed by atoms with van der Waals surface area (Å²) in [5.41, 5.74) is 0.161. The molecule has 0 spiro atoms. The summed E-state index contributed by atoms with van der Waals surface area (Å²) in [4.78, 5) is 30.4. The first-order valence-corrected chi connectivity index (χ1v) is 11.3. The largest absolute Gasteiger partial charge is 0.473 e. The maximum atomic E-state index is 12.9. The van der Waals surface area contributed by atoms with Crippen molar-refractivity contribution in [2.24, 2.45) is 0 Å². The first-order valence-electron chi connectivity index (χ1n) is 11.3. The van der Waals surface area contributed by atoms with Crippen LogP contribution in [0.2, 0.25) is 0 Å². The second-order valence-corrected chi connectivity index (χ2v) is 9.13. The number of amides is 1. The summed E-state index contributed by atoms with van der Waals surface area (Å²) >= 11 is 0. The predicted octanol–water partition coefficient (Wildman–Crippen LogP) is 4.71. The fraction of sp³-hybridized carbons (Fsp3) is 0.308. The van der Waals surface area contributed by atoms with E-state index in [1.54, 1.807) is 63.2 Å². The number of nitriles is 1. The Bertz CT molecular complexity index is 1390. The van der Waals surface area contributed by atoms with E-state index in [0.29, 0.717) is 35.0 Å². The Balaban J connectivity index is 1.49. The van der Waals surface area contributed by atoms with Gasteiger partial charge in [-0.05, 0) is 56.2 Å². The number of rotatable bonds is 6. The molecule has 3 aromatic rings. The van der Waals surface area contributed by atoms with Gasteiger partial charge in [0.2, 0.25) is 5.88 Å². The zero-order valence-corrected chi connectivity index (χ0v) is 20.2. The van der Waals surface area contributed by atoms with Crippen LogP contribution in [0, 0.1) is 11.3 Å². The van der Waals surface area contributed by atoms with E-state index in [1.807, 2.05) is 0 Å². The van der Waals surface area contributed by atoms with Gasteiger partial charge in [0, 0.05) is 19.2 Å². The number of alkyl halides is 1. The lowest BCUT2D eigenvalue weighted by atomic mass is 10.1. The van der Waals surface area contributed by atoms with Crippen molar-refractivity contribution in [3.63, 3.8) is 0 Å². The number of anilines is 1. The van der Waals surface area contributed by atoms with Crippen LogP contribution in [-0.4, -0.2) is 27.8 Å². The van der Waals surface area contributed by atoms with Crippen LogP contribution >= 0.6 is 0 Å². The summed E-state index contributed by atoms with van der Waals surface area (Å²) in [6, 6.07) is 15.1. The number of hydrogen-bond donors (Lipinski definition) is 0. The Labute approximate surface area is 207 Å². The predicted molar refractivity (Wildman–Crippen MR) is 129 cm³/mol. The van der Waals surface area contributed by atoms with Crippen LogP contribution in [0.5, 0.6) is 17.4 Å². The number of fused-ring (bicyclic) bond motifs is 1. The molecule has 0 fully saturated rings. The molecule has 9 nitrogen and oxygen atoms in total. The molecule has 1 amide bonds. The quantitative estimate of drug-likeness (QED) is 0.490. The lowest BCUT2D eigenvalue weighted by Gasteiger charge is -2.24. The number of hydrogen-bond acceptors (Lipinski definition) is 7. The molecule has 4 rings (SSSR count). The molecule has 2 aromatic carbocycles. The maximum Gasteiger partial charge on any atom is 0.416 e. The summed E-state index contributed by atoms with van der Waals surface area (Å²) < 4.78 is 31.2. The van der Waals surface area contributed by atoms with Crippen LogP contribution in [0.4, 0.5) is 15.0 Å². The Morgan fingerprint density at radius 2 is 1.94 bits per heavy atom. The monoisotopic (exact) mass is 492 g/mol. The van der Waals surface area contributed by atoms with Gasteiger partial charge in [0.25, 0.3) is 0 Å². The lowest BCUT2D eigenvalue weighted by molar-refractivity contribution is 0.0584. The second-order valence-electron chi connectivity index (χ2n) is 9.13. The molecule has 0 unspecified atom stereocenters. The summed E-state index contributed by atoms with van der Waals surface area (Å²) in [6.45, 7) is 5.30. The molecule has 1 aliphatic heterocycles. The van der Waals surface area contributed by atoms with Gasteiger partial charge in [-0.1, -0.05) is 18.2 Å². The fourth-order valence-corrected chi connectivity index (χ4v) is 3.62. The van der Waals surface area contributed by atoms with Crippen molar-refractivity contribution in [3.05, 3.63) is 75.7 Å². The third kappa shape index (κ3) is 5.63. The lowest BCUT2D eigenvalue weighted by Crippen LogP contribution is -2.36. The van der Waals surface area contributed by atoms with Crippen LogP contribution in [0.1, 0.15) is 37.5 Å². The molecule has 0 saturated heterocycles. The highest BCUT2D eigenvalue weighted by Gasteiger charge is 2.30. The van der Waals surface area contributed by atoms with Crippen LogP contribution in [-0.2, 0) is 24.6 Å². The minimum absolute atomic E-state index is 0.0224. The molecule has 0 atom stereocenters. The molecule has 0 saturated carbocycles. The molecule has 0 N–H and O–H groups in total. The van der Waals surface area contributed by atoms with Crippen LogP contribution < -0.4 is 20.1 Å². The first-order chi connectivity index (χ1) is 17.2. The number of nitrogens with zero attached hydrogens (tertiary/aromatic N) is 4. The van der Waals surface area contributed by atoms with Gasteiger partial charge >= 0.3 is 11.8 Å². The Hall–Kier alpha value is -4.39. The van der Waals surface area contributed by atoms with Crippen molar-refractivity contribution in [1.82, 2.24) is 9.55 Å². The number of benzene rings is 2. The molecule has 186 valence electrons. The van der Waals surface area contributed by atoms with Gasteiger partial charge in [-0.15, -0.1) is 0 Å². The molecule has 0 aliphatic carbocycles. The van der Waals surface area contributed by atoms with E-state index >= 15 is 0 Å². The van der Waals surface area contributed by atoms with Crippen LogP contribution in [0.25, 0.3) is 0 Å².